The molecule has 0 fully saturated rings. The van der Waals surface area contributed by atoms with Gasteiger partial charge in [-0.05, 0) is 67.9 Å². The Labute approximate surface area is 324 Å². The lowest BCUT2D eigenvalue weighted by atomic mass is 9.89. The van der Waals surface area contributed by atoms with Crippen LogP contribution in [0.2, 0.25) is 0 Å². The molecule has 9 aromatic rings. The topological polar surface area (TPSA) is 50.7 Å². The molecule has 2 heterocycles. The maximum atomic E-state index is 5.00. The normalized spacial score (nSPS) is 13.3. The number of rotatable bonds is 7. The summed E-state index contributed by atoms with van der Waals surface area (Å²) in [5.74, 6) is 1.94. The summed E-state index contributed by atoms with van der Waals surface area (Å²) >= 11 is 1.87. The minimum absolute atomic E-state index is 0.207. The van der Waals surface area contributed by atoms with Crippen molar-refractivity contribution < 1.29 is 0 Å². The first-order valence-corrected chi connectivity index (χ1v) is 19.3. The Morgan fingerprint density at radius 3 is 1.56 bits per heavy atom. The molecule has 1 atom stereocenters. The van der Waals surface area contributed by atoms with Gasteiger partial charge in [0.25, 0.3) is 0 Å². The van der Waals surface area contributed by atoms with Gasteiger partial charge in [0.2, 0.25) is 0 Å². The molecule has 260 valence electrons. The lowest BCUT2D eigenvalue weighted by molar-refractivity contribution is 1.07. The van der Waals surface area contributed by atoms with Crippen molar-refractivity contribution in [3.05, 3.63) is 200 Å². The number of hydrogen-bond donors (Lipinski definition) is 1. The Morgan fingerprint density at radius 1 is 0.364 bits per heavy atom. The highest BCUT2D eigenvalue weighted by atomic mass is 32.2. The molecule has 4 nitrogen and oxygen atoms in total. The zero-order valence-electron chi connectivity index (χ0n) is 29.8. The number of fused-ring (bicyclic) bond motifs is 2. The summed E-state index contributed by atoms with van der Waals surface area (Å²) in [6.45, 7) is 0. The molecule has 5 heteroatoms. The molecule has 0 amide bonds. The highest BCUT2D eigenvalue weighted by Crippen LogP contribution is 2.47. The number of nitrogens with one attached hydrogen (secondary N) is 1. The van der Waals surface area contributed by atoms with E-state index >= 15 is 0 Å². The van der Waals surface area contributed by atoms with Gasteiger partial charge in [-0.25, -0.2) is 15.0 Å². The fourth-order valence-electron chi connectivity index (χ4n) is 7.50. The summed E-state index contributed by atoms with van der Waals surface area (Å²) in [6.07, 6.45) is 0. The molecule has 0 radical (unpaired) electrons. The van der Waals surface area contributed by atoms with Crippen molar-refractivity contribution in [1.29, 1.82) is 0 Å². The molecule has 10 rings (SSSR count). The molecule has 0 saturated heterocycles. The van der Waals surface area contributed by atoms with Crippen molar-refractivity contribution in [3.8, 4) is 67.5 Å². The summed E-state index contributed by atoms with van der Waals surface area (Å²) in [6, 6.07) is 68.3. The van der Waals surface area contributed by atoms with Gasteiger partial charge in [0.15, 0.2) is 17.5 Å². The first-order valence-electron chi connectivity index (χ1n) is 18.5. The van der Waals surface area contributed by atoms with Crippen LogP contribution in [0.5, 0.6) is 0 Å². The van der Waals surface area contributed by atoms with Crippen LogP contribution in [0.3, 0.4) is 0 Å². The van der Waals surface area contributed by atoms with Gasteiger partial charge in [-0.1, -0.05) is 188 Å². The third-order valence-corrected chi connectivity index (χ3v) is 11.4. The van der Waals surface area contributed by atoms with Crippen LogP contribution in [0.1, 0.15) is 10.9 Å². The second kappa shape index (κ2) is 14.2. The van der Waals surface area contributed by atoms with Gasteiger partial charge < -0.3 is 5.32 Å². The molecule has 8 aromatic carbocycles. The van der Waals surface area contributed by atoms with Gasteiger partial charge in [0.1, 0.15) is 5.37 Å². The van der Waals surface area contributed by atoms with E-state index in [-0.39, 0.29) is 5.37 Å². The fourth-order valence-corrected chi connectivity index (χ4v) is 8.65. The Morgan fingerprint density at radius 2 is 0.873 bits per heavy atom. The van der Waals surface area contributed by atoms with E-state index in [1.807, 2.05) is 72.4 Å². The van der Waals surface area contributed by atoms with Crippen molar-refractivity contribution in [2.75, 3.05) is 5.32 Å². The predicted molar refractivity (Wildman–Crippen MR) is 229 cm³/mol. The molecule has 1 aliphatic rings. The summed E-state index contributed by atoms with van der Waals surface area (Å²) in [5, 5.41) is 6.27. The van der Waals surface area contributed by atoms with E-state index in [2.05, 4.69) is 139 Å². The van der Waals surface area contributed by atoms with E-state index in [1.165, 1.54) is 49.2 Å². The smallest absolute Gasteiger partial charge is 0.164 e. The second-order valence-corrected chi connectivity index (χ2v) is 14.8. The summed E-state index contributed by atoms with van der Waals surface area (Å²) in [7, 11) is 0. The average Bonchev–Trinajstić information content (AvgIpc) is 3.71. The lowest BCUT2D eigenvalue weighted by Crippen LogP contribution is -2.00. The molecular weight excluding hydrogens is 689 g/mol. The highest BCUT2D eigenvalue weighted by molar-refractivity contribution is 8.00. The highest BCUT2D eigenvalue weighted by Gasteiger charge is 2.22. The van der Waals surface area contributed by atoms with Crippen LogP contribution >= 0.6 is 11.8 Å². The first-order chi connectivity index (χ1) is 27.2. The predicted octanol–water partition coefficient (Wildman–Crippen LogP) is 13.2. The van der Waals surface area contributed by atoms with Crippen LogP contribution in [0, 0.1) is 0 Å². The maximum Gasteiger partial charge on any atom is 0.164 e. The fraction of sp³-hybridized carbons (Fsp3) is 0.0200. The molecular formula is C50H34N4S. The Hall–Kier alpha value is -6.82. The van der Waals surface area contributed by atoms with Crippen molar-refractivity contribution in [2.45, 2.75) is 10.3 Å². The Bertz CT molecular complexity index is 2740. The van der Waals surface area contributed by atoms with E-state index in [1.54, 1.807) is 0 Å². The molecule has 1 N–H and O–H groups in total. The molecule has 0 saturated carbocycles. The number of aromatic nitrogens is 3. The van der Waals surface area contributed by atoms with Crippen LogP contribution in [-0.4, -0.2) is 15.0 Å². The van der Waals surface area contributed by atoms with Crippen LogP contribution in [-0.2, 0) is 0 Å². The number of nitrogens with zero attached hydrogens (tertiary/aromatic N) is 3. The van der Waals surface area contributed by atoms with Crippen LogP contribution in [0.25, 0.3) is 78.3 Å². The first kappa shape index (κ1) is 32.8. The van der Waals surface area contributed by atoms with Gasteiger partial charge in [0.05, 0.1) is 0 Å². The number of para-hydroxylation sites is 1. The van der Waals surface area contributed by atoms with Crippen LogP contribution < -0.4 is 5.32 Å². The van der Waals surface area contributed by atoms with Crippen molar-refractivity contribution in [3.63, 3.8) is 0 Å². The maximum absolute atomic E-state index is 5.00. The molecule has 1 unspecified atom stereocenters. The number of anilines is 1. The van der Waals surface area contributed by atoms with E-state index in [0.717, 1.165) is 27.8 Å². The van der Waals surface area contributed by atoms with E-state index in [0.29, 0.717) is 17.5 Å². The number of hydrogen-bond acceptors (Lipinski definition) is 5. The number of benzene rings is 8. The number of thioether (sulfide) groups is 1. The largest absolute Gasteiger partial charge is 0.368 e. The zero-order chi connectivity index (χ0) is 36.6. The van der Waals surface area contributed by atoms with Crippen molar-refractivity contribution in [1.82, 2.24) is 15.0 Å². The Kier molecular flexibility index (Phi) is 8.47. The third-order valence-electron chi connectivity index (χ3n) is 10.2. The third kappa shape index (κ3) is 6.35. The van der Waals surface area contributed by atoms with E-state index in [9.17, 15) is 0 Å². The standard InChI is InChI=1S/C50H34N4S/c1-3-14-34(15-4-1)47-52-48(35-16-5-2-6-17-35)54-49(53-47)38-19-11-18-37(32-38)40-22-12-24-44-42(40)23-13-25-43(44)41-21-8-7-20-39(41)33-28-30-36(31-29-33)50-51-45-26-9-10-27-46(45)55-50/h1-32,50-51H. The van der Waals surface area contributed by atoms with Gasteiger partial charge in [-0.3, -0.25) is 0 Å². The van der Waals surface area contributed by atoms with Crippen LogP contribution in [0.15, 0.2) is 199 Å². The van der Waals surface area contributed by atoms with Crippen molar-refractivity contribution >= 4 is 28.2 Å². The molecule has 1 aromatic heterocycles. The van der Waals surface area contributed by atoms with E-state index in [4.69, 9.17) is 15.0 Å². The van der Waals surface area contributed by atoms with Gasteiger partial charge in [0, 0.05) is 27.3 Å². The minimum Gasteiger partial charge on any atom is -0.368 e. The van der Waals surface area contributed by atoms with Gasteiger partial charge >= 0.3 is 0 Å². The zero-order valence-corrected chi connectivity index (χ0v) is 30.6. The minimum atomic E-state index is 0.207. The molecule has 1 aliphatic heterocycles. The summed E-state index contributed by atoms with van der Waals surface area (Å²) < 4.78 is 0. The van der Waals surface area contributed by atoms with E-state index < -0.39 is 0 Å². The molecule has 0 spiro atoms. The van der Waals surface area contributed by atoms with Gasteiger partial charge in [-0.15, -0.1) is 0 Å². The van der Waals surface area contributed by atoms with Crippen molar-refractivity contribution in [2.24, 2.45) is 0 Å². The average molecular weight is 723 g/mol. The SMILES string of the molecule is c1ccc(-c2nc(-c3ccccc3)nc(-c3cccc(-c4cccc5c(-c6ccccc6-c6ccc(C7Nc8ccccc8S7)cc6)cccc45)c3)n2)cc1. The van der Waals surface area contributed by atoms with Crippen LogP contribution in [0.4, 0.5) is 5.69 Å². The molecule has 0 bridgehead atoms. The quantitative estimate of drug-likeness (QED) is 0.177. The van der Waals surface area contributed by atoms with Gasteiger partial charge in [-0.2, -0.15) is 0 Å². The monoisotopic (exact) mass is 722 g/mol. The Balaban J connectivity index is 1.02. The second-order valence-electron chi connectivity index (χ2n) is 13.6. The molecule has 0 aliphatic carbocycles. The summed E-state index contributed by atoms with van der Waals surface area (Å²) in [4.78, 5) is 16.2. The summed E-state index contributed by atoms with van der Waals surface area (Å²) in [5.41, 5.74) is 12.4. The lowest BCUT2D eigenvalue weighted by Gasteiger charge is -2.16. The molecule has 55 heavy (non-hydrogen) atoms.